The number of carbonyl (C=O) groups is 2. The van der Waals surface area contributed by atoms with Gasteiger partial charge in [-0.3, -0.25) is 14.5 Å². The second kappa shape index (κ2) is 5.45. The van der Waals surface area contributed by atoms with Crippen LogP contribution in [0.4, 0.5) is 5.69 Å². The standard InChI is InChI=1S/C21H19NO3/c23-20-18-13-6-7-14(12-13)19(18)21(24)22(20)15-8-10-17(11-9-15)25-16-4-2-1-3-5-16/h1-5,8-11,13-14,18-19H,6-7,12H2. The van der Waals surface area contributed by atoms with E-state index in [1.807, 2.05) is 42.5 Å². The van der Waals surface area contributed by atoms with Crippen LogP contribution >= 0.6 is 0 Å². The van der Waals surface area contributed by atoms with Gasteiger partial charge >= 0.3 is 0 Å². The van der Waals surface area contributed by atoms with Crippen LogP contribution in [0.25, 0.3) is 0 Å². The normalized spacial score (nSPS) is 30.0. The number of carbonyl (C=O) groups excluding carboxylic acids is 2. The molecule has 126 valence electrons. The molecule has 2 saturated carbocycles. The highest BCUT2D eigenvalue weighted by molar-refractivity contribution is 6.22. The van der Waals surface area contributed by atoms with Crippen molar-refractivity contribution in [1.29, 1.82) is 0 Å². The molecule has 4 heteroatoms. The van der Waals surface area contributed by atoms with Crippen molar-refractivity contribution in [2.24, 2.45) is 23.7 Å². The van der Waals surface area contributed by atoms with Crippen LogP contribution in [-0.2, 0) is 9.59 Å². The summed E-state index contributed by atoms with van der Waals surface area (Å²) in [6.45, 7) is 0. The van der Waals surface area contributed by atoms with E-state index in [4.69, 9.17) is 4.74 Å². The molecule has 25 heavy (non-hydrogen) atoms. The first-order valence-corrected chi connectivity index (χ1v) is 8.93. The minimum atomic E-state index is -0.0773. The Morgan fingerprint density at radius 2 is 1.32 bits per heavy atom. The number of fused-ring (bicyclic) bond motifs is 5. The summed E-state index contributed by atoms with van der Waals surface area (Å²) in [7, 11) is 0. The van der Waals surface area contributed by atoms with Gasteiger partial charge in [-0.05, 0) is 67.5 Å². The van der Waals surface area contributed by atoms with E-state index in [1.165, 1.54) is 4.90 Å². The van der Waals surface area contributed by atoms with Crippen LogP contribution in [0.15, 0.2) is 54.6 Å². The van der Waals surface area contributed by atoms with Crippen LogP contribution in [0.5, 0.6) is 11.5 Å². The summed E-state index contributed by atoms with van der Waals surface area (Å²) < 4.78 is 5.78. The Balaban J connectivity index is 1.39. The Bertz CT molecular complexity index is 802. The molecule has 1 aliphatic heterocycles. The molecular weight excluding hydrogens is 314 g/mol. The first-order valence-electron chi connectivity index (χ1n) is 8.93. The van der Waals surface area contributed by atoms with Crippen molar-refractivity contribution in [3.8, 4) is 11.5 Å². The summed E-state index contributed by atoms with van der Waals surface area (Å²) in [5.74, 6) is 2.12. The van der Waals surface area contributed by atoms with Gasteiger partial charge in [0.25, 0.3) is 0 Å². The third-order valence-electron chi connectivity index (χ3n) is 6.00. The molecule has 1 saturated heterocycles. The summed E-state index contributed by atoms with van der Waals surface area (Å²) in [5.41, 5.74) is 0.657. The zero-order chi connectivity index (χ0) is 17.0. The van der Waals surface area contributed by atoms with Crippen molar-refractivity contribution in [2.45, 2.75) is 19.3 Å². The lowest BCUT2D eigenvalue weighted by molar-refractivity contribution is -0.123. The molecule has 4 unspecified atom stereocenters. The molecule has 3 aliphatic rings. The van der Waals surface area contributed by atoms with Crippen molar-refractivity contribution < 1.29 is 14.3 Å². The smallest absolute Gasteiger partial charge is 0.237 e. The van der Waals surface area contributed by atoms with E-state index in [0.717, 1.165) is 25.0 Å². The van der Waals surface area contributed by atoms with Crippen LogP contribution in [0, 0.1) is 23.7 Å². The summed E-state index contributed by atoms with van der Waals surface area (Å²) in [6.07, 6.45) is 3.26. The fraction of sp³-hybridized carbons (Fsp3) is 0.333. The van der Waals surface area contributed by atoms with E-state index in [-0.39, 0.29) is 23.7 Å². The number of ether oxygens (including phenoxy) is 1. The quantitative estimate of drug-likeness (QED) is 0.797. The van der Waals surface area contributed by atoms with E-state index >= 15 is 0 Å². The maximum absolute atomic E-state index is 12.8. The predicted molar refractivity (Wildman–Crippen MR) is 93.3 cm³/mol. The molecule has 2 aromatic rings. The van der Waals surface area contributed by atoms with Gasteiger partial charge in [-0.15, -0.1) is 0 Å². The van der Waals surface area contributed by atoms with Crippen LogP contribution < -0.4 is 9.64 Å². The topological polar surface area (TPSA) is 46.6 Å². The number of benzene rings is 2. The van der Waals surface area contributed by atoms with Gasteiger partial charge in [0.1, 0.15) is 11.5 Å². The third kappa shape index (κ3) is 2.20. The van der Waals surface area contributed by atoms with Crippen molar-refractivity contribution in [2.75, 3.05) is 4.90 Å². The number of imide groups is 1. The van der Waals surface area contributed by atoms with Crippen LogP contribution in [0.3, 0.4) is 0 Å². The number of hydrogen-bond acceptors (Lipinski definition) is 3. The zero-order valence-corrected chi connectivity index (χ0v) is 13.8. The van der Waals surface area contributed by atoms with E-state index in [2.05, 4.69) is 0 Å². The minimum absolute atomic E-state index is 0.000993. The Morgan fingerprint density at radius 3 is 1.92 bits per heavy atom. The SMILES string of the molecule is O=C1C2C3CCC(C3)C2C(=O)N1c1ccc(Oc2ccccc2)cc1. The molecule has 5 rings (SSSR count). The van der Waals surface area contributed by atoms with Crippen LogP contribution in [-0.4, -0.2) is 11.8 Å². The third-order valence-corrected chi connectivity index (χ3v) is 6.00. The van der Waals surface area contributed by atoms with Gasteiger partial charge in [-0.25, -0.2) is 0 Å². The monoisotopic (exact) mass is 333 g/mol. The van der Waals surface area contributed by atoms with Gasteiger partial charge in [0.05, 0.1) is 17.5 Å². The maximum atomic E-state index is 12.8. The first-order chi connectivity index (χ1) is 12.2. The van der Waals surface area contributed by atoms with Gasteiger partial charge in [0.2, 0.25) is 11.8 Å². The lowest BCUT2D eigenvalue weighted by Gasteiger charge is -2.19. The van der Waals surface area contributed by atoms with Gasteiger partial charge in [-0.2, -0.15) is 0 Å². The molecule has 4 nitrogen and oxygen atoms in total. The number of rotatable bonds is 3. The largest absolute Gasteiger partial charge is 0.457 e. The molecule has 2 aromatic carbocycles. The molecule has 2 aliphatic carbocycles. The molecule has 2 bridgehead atoms. The summed E-state index contributed by atoms with van der Waals surface area (Å²) >= 11 is 0. The summed E-state index contributed by atoms with van der Waals surface area (Å²) in [6, 6.07) is 16.8. The Labute approximate surface area is 146 Å². The fourth-order valence-electron chi connectivity index (χ4n) is 4.95. The van der Waals surface area contributed by atoms with Crippen LogP contribution in [0.1, 0.15) is 19.3 Å². The number of para-hydroxylation sites is 1. The van der Waals surface area contributed by atoms with Crippen molar-refractivity contribution >= 4 is 17.5 Å². The zero-order valence-electron chi connectivity index (χ0n) is 13.8. The Hall–Kier alpha value is -2.62. The molecule has 0 spiro atoms. The number of nitrogens with zero attached hydrogens (tertiary/aromatic N) is 1. The van der Waals surface area contributed by atoms with Gasteiger partial charge in [-0.1, -0.05) is 18.2 Å². The first kappa shape index (κ1) is 14.7. The highest BCUT2D eigenvalue weighted by Crippen LogP contribution is 2.56. The molecule has 4 atom stereocenters. The molecule has 0 aromatic heterocycles. The van der Waals surface area contributed by atoms with Gasteiger partial charge in [0, 0.05) is 0 Å². The van der Waals surface area contributed by atoms with Gasteiger partial charge < -0.3 is 4.74 Å². The Morgan fingerprint density at radius 1 is 0.760 bits per heavy atom. The average molecular weight is 333 g/mol. The summed E-state index contributed by atoms with van der Waals surface area (Å²) in [4.78, 5) is 27.1. The van der Waals surface area contributed by atoms with E-state index < -0.39 is 0 Å². The lowest BCUT2D eigenvalue weighted by atomic mass is 9.81. The van der Waals surface area contributed by atoms with Crippen LogP contribution in [0.2, 0.25) is 0 Å². The Kier molecular flexibility index (Phi) is 3.20. The lowest BCUT2D eigenvalue weighted by Crippen LogP contribution is -2.32. The molecule has 2 amide bonds. The van der Waals surface area contributed by atoms with Crippen molar-refractivity contribution in [3.05, 3.63) is 54.6 Å². The molecule has 0 radical (unpaired) electrons. The minimum Gasteiger partial charge on any atom is -0.457 e. The number of anilines is 1. The summed E-state index contributed by atoms with van der Waals surface area (Å²) in [5, 5.41) is 0. The van der Waals surface area contributed by atoms with Crippen molar-refractivity contribution in [1.82, 2.24) is 0 Å². The second-order valence-electron chi connectivity index (χ2n) is 7.31. The predicted octanol–water partition coefficient (Wildman–Crippen LogP) is 4.01. The molecule has 1 heterocycles. The van der Waals surface area contributed by atoms with Gasteiger partial charge in [0.15, 0.2) is 0 Å². The van der Waals surface area contributed by atoms with E-state index in [1.54, 1.807) is 12.1 Å². The number of hydrogen-bond donors (Lipinski definition) is 0. The molecule has 0 N–H and O–H groups in total. The van der Waals surface area contributed by atoms with Crippen molar-refractivity contribution in [3.63, 3.8) is 0 Å². The van der Waals surface area contributed by atoms with E-state index in [0.29, 0.717) is 23.3 Å². The highest BCUT2D eigenvalue weighted by Gasteiger charge is 2.61. The maximum Gasteiger partial charge on any atom is 0.237 e. The molecule has 3 fully saturated rings. The fourth-order valence-corrected chi connectivity index (χ4v) is 4.95. The number of amides is 2. The average Bonchev–Trinajstić information content (AvgIpc) is 3.31. The van der Waals surface area contributed by atoms with E-state index in [9.17, 15) is 9.59 Å². The second-order valence-corrected chi connectivity index (χ2v) is 7.31. The highest BCUT2D eigenvalue weighted by atomic mass is 16.5. The molecular formula is C21H19NO3.